The number of nitrogens with one attached hydrogen (secondary N) is 1. The molecule has 0 fully saturated rings. The summed E-state index contributed by atoms with van der Waals surface area (Å²) in [4.78, 5) is 0. The molecule has 0 aliphatic heterocycles. The van der Waals surface area contributed by atoms with Gasteiger partial charge in [-0.25, -0.2) is 0 Å². The van der Waals surface area contributed by atoms with E-state index in [0.717, 1.165) is 6.42 Å². The molecule has 0 radical (unpaired) electrons. The molecule has 1 unspecified atom stereocenters. The van der Waals surface area contributed by atoms with E-state index in [4.69, 9.17) is 5.84 Å². The van der Waals surface area contributed by atoms with E-state index in [-0.39, 0.29) is 0 Å². The van der Waals surface area contributed by atoms with Crippen LogP contribution in [0.1, 0.15) is 52.9 Å². The molecular weight excluding hydrogens is 172 g/mol. The van der Waals surface area contributed by atoms with E-state index in [9.17, 15) is 0 Å². The summed E-state index contributed by atoms with van der Waals surface area (Å²) in [7, 11) is 0. The first kappa shape index (κ1) is 13.7. The molecule has 0 saturated carbocycles. The maximum absolute atomic E-state index is 5.59. The Labute approximate surface area is 88.9 Å². The van der Waals surface area contributed by atoms with Crippen molar-refractivity contribution in [2.45, 2.75) is 58.9 Å². The lowest BCUT2D eigenvalue weighted by molar-refractivity contribution is 0.311. The minimum absolute atomic E-state index is 0.410. The Morgan fingerprint density at radius 3 is 2.07 bits per heavy atom. The largest absolute Gasteiger partial charge is 0.271 e. The molecule has 0 aromatic rings. The molecule has 0 bridgehead atoms. The molecule has 14 heavy (non-hydrogen) atoms. The third-order valence-corrected chi connectivity index (χ3v) is 2.67. The summed E-state index contributed by atoms with van der Waals surface area (Å²) >= 11 is 0. The summed E-state index contributed by atoms with van der Waals surface area (Å²) in [5.41, 5.74) is 4.16. The SMILES string of the molecule is C=C(C)CC(NN)C(CCC)CCC. The number of hydrazine groups is 1. The third-order valence-electron chi connectivity index (χ3n) is 2.67. The van der Waals surface area contributed by atoms with Crippen LogP contribution >= 0.6 is 0 Å². The first-order valence-electron chi connectivity index (χ1n) is 5.76. The van der Waals surface area contributed by atoms with Crippen molar-refractivity contribution in [1.82, 2.24) is 5.43 Å². The summed E-state index contributed by atoms with van der Waals surface area (Å²) in [5.74, 6) is 6.29. The van der Waals surface area contributed by atoms with Gasteiger partial charge in [0.2, 0.25) is 0 Å². The normalized spacial score (nSPS) is 13.2. The van der Waals surface area contributed by atoms with Crippen LogP contribution in [0.25, 0.3) is 0 Å². The van der Waals surface area contributed by atoms with Crippen molar-refractivity contribution in [3.63, 3.8) is 0 Å². The Kier molecular flexibility index (Phi) is 7.81. The van der Waals surface area contributed by atoms with Crippen LogP contribution < -0.4 is 11.3 Å². The van der Waals surface area contributed by atoms with Crippen LogP contribution in [0.2, 0.25) is 0 Å². The Hall–Kier alpha value is -0.340. The van der Waals surface area contributed by atoms with Gasteiger partial charge in [-0.05, 0) is 32.1 Å². The zero-order valence-corrected chi connectivity index (χ0v) is 9.97. The zero-order valence-electron chi connectivity index (χ0n) is 9.97. The van der Waals surface area contributed by atoms with Crippen molar-refractivity contribution in [3.8, 4) is 0 Å². The van der Waals surface area contributed by atoms with E-state index in [2.05, 4.69) is 32.8 Å². The van der Waals surface area contributed by atoms with Crippen LogP contribution in [0.3, 0.4) is 0 Å². The smallest absolute Gasteiger partial charge is 0.0275 e. The van der Waals surface area contributed by atoms with Crippen molar-refractivity contribution in [1.29, 1.82) is 0 Å². The van der Waals surface area contributed by atoms with Crippen molar-refractivity contribution >= 4 is 0 Å². The molecule has 0 heterocycles. The van der Waals surface area contributed by atoms with Gasteiger partial charge in [0.05, 0.1) is 0 Å². The Balaban J connectivity index is 4.16. The molecule has 0 spiro atoms. The van der Waals surface area contributed by atoms with Gasteiger partial charge < -0.3 is 0 Å². The molecule has 0 saturated heterocycles. The lowest BCUT2D eigenvalue weighted by atomic mass is 9.87. The van der Waals surface area contributed by atoms with Gasteiger partial charge >= 0.3 is 0 Å². The van der Waals surface area contributed by atoms with Crippen molar-refractivity contribution in [3.05, 3.63) is 12.2 Å². The molecule has 0 aromatic carbocycles. The summed E-state index contributed by atoms with van der Waals surface area (Å²) in [6.45, 7) is 10.5. The van der Waals surface area contributed by atoms with Gasteiger partial charge in [-0.3, -0.25) is 11.3 Å². The van der Waals surface area contributed by atoms with Gasteiger partial charge in [-0.2, -0.15) is 0 Å². The first-order valence-corrected chi connectivity index (χ1v) is 5.76. The fraction of sp³-hybridized carbons (Fsp3) is 0.833. The predicted octanol–water partition coefficient (Wildman–Crippen LogP) is 3.00. The molecule has 0 rings (SSSR count). The monoisotopic (exact) mass is 198 g/mol. The standard InChI is InChI=1S/C12H26N2/c1-5-7-11(8-6-2)12(14-13)9-10(3)4/h11-12,14H,3,5-9,13H2,1-2,4H3. The van der Waals surface area contributed by atoms with E-state index in [1.54, 1.807) is 0 Å². The Bertz CT molecular complexity index is 148. The quantitative estimate of drug-likeness (QED) is 0.357. The topological polar surface area (TPSA) is 38.0 Å². The van der Waals surface area contributed by atoms with Crippen LogP contribution in [0.15, 0.2) is 12.2 Å². The maximum atomic E-state index is 5.59. The second-order valence-corrected chi connectivity index (χ2v) is 4.27. The van der Waals surface area contributed by atoms with E-state index < -0.39 is 0 Å². The minimum Gasteiger partial charge on any atom is -0.271 e. The van der Waals surface area contributed by atoms with E-state index >= 15 is 0 Å². The van der Waals surface area contributed by atoms with Crippen molar-refractivity contribution in [2.24, 2.45) is 11.8 Å². The first-order chi connectivity index (χ1) is 6.65. The van der Waals surface area contributed by atoms with Crippen LogP contribution in [0.5, 0.6) is 0 Å². The average molecular weight is 198 g/mol. The van der Waals surface area contributed by atoms with Gasteiger partial charge in [0.1, 0.15) is 0 Å². The fourth-order valence-electron chi connectivity index (χ4n) is 2.03. The summed E-state index contributed by atoms with van der Waals surface area (Å²) < 4.78 is 0. The number of hydrogen-bond acceptors (Lipinski definition) is 2. The summed E-state index contributed by atoms with van der Waals surface area (Å²) in [6, 6.07) is 0.410. The highest BCUT2D eigenvalue weighted by molar-refractivity contribution is 4.94. The molecule has 0 aliphatic carbocycles. The van der Waals surface area contributed by atoms with Gasteiger partial charge in [-0.1, -0.05) is 32.3 Å². The maximum Gasteiger partial charge on any atom is 0.0275 e. The van der Waals surface area contributed by atoms with Crippen molar-refractivity contribution < 1.29 is 0 Å². The molecule has 84 valence electrons. The molecule has 2 nitrogen and oxygen atoms in total. The number of hydrogen-bond donors (Lipinski definition) is 2. The molecule has 3 N–H and O–H groups in total. The third kappa shape index (κ3) is 5.40. The molecule has 0 aromatic heterocycles. The second-order valence-electron chi connectivity index (χ2n) is 4.27. The van der Waals surface area contributed by atoms with Crippen LogP contribution in [0.4, 0.5) is 0 Å². The lowest BCUT2D eigenvalue weighted by Gasteiger charge is -2.26. The lowest BCUT2D eigenvalue weighted by Crippen LogP contribution is -2.41. The minimum atomic E-state index is 0.410. The number of nitrogens with two attached hydrogens (primary N) is 1. The summed E-state index contributed by atoms with van der Waals surface area (Å²) in [5, 5.41) is 0. The van der Waals surface area contributed by atoms with E-state index in [1.807, 2.05) is 0 Å². The van der Waals surface area contributed by atoms with Gasteiger partial charge in [0.25, 0.3) is 0 Å². The van der Waals surface area contributed by atoms with Crippen LogP contribution in [-0.2, 0) is 0 Å². The second kappa shape index (κ2) is 8.01. The van der Waals surface area contributed by atoms with Crippen LogP contribution in [-0.4, -0.2) is 6.04 Å². The van der Waals surface area contributed by atoms with Gasteiger partial charge in [-0.15, -0.1) is 6.58 Å². The van der Waals surface area contributed by atoms with Gasteiger partial charge in [0.15, 0.2) is 0 Å². The Morgan fingerprint density at radius 1 is 1.29 bits per heavy atom. The van der Waals surface area contributed by atoms with Crippen LogP contribution in [0, 0.1) is 5.92 Å². The van der Waals surface area contributed by atoms with E-state index in [1.165, 1.54) is 31.3 Å². The molecule has 2 heteroatoms. The molecule has 1 atom stereocenters. The highest BCUT2D eigenvalue weighted by Crippen LogP contribution is 2.21. The zero-order chi connectivity index (χ0) is 11.0. The Morgan fingerprint density at radius 2 is 1.79 bits per heavy atom. The predicted molar refractivity (Wildman–Crippen MR) is 63.8 cm³/mol. The van der Waals surface area contributed by atoms with E-state index in [0.29, 0.717) is 12.0 Å². The molecule has 0 aliphatic rings. The summed E-state index contributed by atoms with van der Waals surface area (Å²) in [6.07, 6.45) is 5.99. The van der Waals surface area contributed by atoms with Gasteiger partial charge in [0, 0.05) is 6.04 Å². The fourth-order valence-corrected chi connectivity index (χ4v) is 2.03. The highest BCUT2D eigenvalue weighted by atomic mass is 15.2. The van der Waals surface area contributed by atoms with Crippen molar-refractivity contribution in [2.75, 3.05) is 0 Å². The molecular formula is C12H26N2. The molecule has 0 amide bonds. The highest BCUT2D eigenvalue weighted by Gasteiger charge is 2.18. The average Bonchev–Trinajstić information content (AvgIpc) is 2.13. The number of rotatable bonds is 8.